The van der Waals surface area contributed by atoms with E-state index in [-0.39, 0.29) is 4.47 Å². The molecule has 0 bridgehead atoms. The van der Waals surface area contributed by atoms with Crippen molar-refractivity contribution in [3.63, 3.8) is 0 Å². The van der Waals surface area contributed by atoms with Gasteiger partial charge in [0.2, 0.25) is 0 Å². The Hall–Kier alpha value is -2.14. The summed E-state index contributed by atoms with van der Waals surface area (Å²) in [6.07, 6.45) is -0.659. The molecule has 0 spiro atoms. The second-order valence-corrected chi connectivity index (χ2v) is 11.8. The van der Waals surface area contributed by atoms with E-state index < -0.39 is 52.7 Å². The molecule has 11 heteroatoms. The molecule has 1 aromatic rings. The van der Waals surface area contributed by atoms with Crippen molar-refractivity contribution in [1.82, 2.24) is 4.47 Å². The normalized spacial score (nSPS) is 13.0. The molecule has 0 radical (unpaired) electrons. The van der Waals surface area contributed by atoms with Gasteiger partial charge in [-0.2, -0.15) is 8.42 Å². The lowest BCUT2D eigenvalue weighted by atomic mass is 9.98. The van der Waals surface area contributed by atoms with Crippen LogP contribution >= 0.6 is 0 Å². The number of hydroxylamine groups is 1. The maximum Gasteiger partial charge on any atom is 0.459 e. The molecule has 0 N–H and O–H groups in total. The molecule has 0 aliphatic heterocycles. The number of hydrogen-bond donors (Lipinski definition) is 0. The monoisotopic (exact) mass is 435 g/mol. The van der Waals surface area contributed by atoms with Crippen LogP contribution in [0.2, 0.25) is 0 Å². The van der Waals surface area contributed by atoms with Gasteiger partial charge in [-0.1, -0.05) is 12.1 Å². The van der Waals surface area contributed by atoms with E-state index in [9.17, 15) is 26.4 Å². The van der Waals surface area contributed by atoms with Crippen molar-refractivity contribution in [2.45, 2.75) is 56.9 Å². The molecule has 158 valence electrons. The molecule has 28 heavy (non-hydrogen) atoms. The summed E-state index contributed by atoms with van der Waals surface area (Å²) in [5.74, 6) is -1.03. The fourth-order valence-corrected chi connectivity index (χ4v) is 4.43. The maximum atomic E-state index is 13.1. The second-order valence-electron chi connectivity index (χ2n) is 8.06. The highest BCUT2D eigenvalue weighted by molar-refractivity contribution is 7.93. The van der Waals surface area contributed by atoms with Gasteiger partial charge >= 0.3 is 22.1 Å². The van der Waals surface area contributed by atoms with E-state index in [1.165, 1.54) is 53.7 Å². The van der Waals surface area contributed by atoms with Gasteiger partial charge in [-0.15, -0.1) is 0 Å². The summed E-state index contributed by atoms with van der Waals surface area (Å²) < 4.78 is 55.0. The van der Waals surface area contributed by atoms with Crippen molar-refractivity contribution in [1.29, 1.82) is 0 Å². The van der Waals surface area contributed by atoms with Gasteiger partial charge < -0.3 is 9.57 Å². The van der Waals surface area contributed by atoms with Crippen molar-refractivity contribution < 1.29 is 36.0 Å². The lowest BCUT2D eigenvalue weighted by molar-refractivity contribution is -0.176. The highest BCUT2D eigenvalue weighted by Crippen LogP contribution is 2.27. The second kappa shape index (κ2) is 7.70. The fraction of sp³-hybridized carbons (Fsp3) is 0.529. The van der Waals surface area contributed by atoms with E-state index in [1.54, 1.807) is 0 Å². The summed E-state index contributed by atoms with van der Waals surface area (Å²) >= 11 is 0. The molecule has 0 fully saturated rings. The zero-order valence-electron chi connectivity index (χ0n) is 16.8. The van der Waals surface area contributed by atoms with Crippen LogP contribution in [0.3, 0.4) is 0 Å². The Morgan fingerprint density at radius 2 is 1.36 bits per heavy atom. The Morgan fingerprint density at radius 1 is 0.893 bits per heavy atom. The molecule has 0 aliphatic carbocycles. The van der Waals surface area contributed by atoms with Crippen LogP contribution in [0.1, 0.15) is 41.5 Å². The number of hydrogen-bond acceptors (Lipinski definition) is 8. The van der Waals surface area contributed by atoms with Gasteiger partial charge in [0.15, 0.2) is 9.84 Å². The van der Waals surface area contributed by atoms with Crippen molar-refractivity contribution in [2.75, 3.05) is 6.26 Å². The first-order valence-electron chi connectivity index (χ1n) is 8.17. The maximum absolute atomic E-state index is 13.1. The summed E-state index contributed by atoms with van der Waals surface area (Å²) in [5, 5.41) is 0. The number of amides is 1. The van der Waals surface area contributed by atoms with E-state index in [2.05, 4.69) is 0 Å². The highest BCUT2D eigenvalue weighted by Gasteiger charge is 2.41. The van der Waals surface area contributed by atoms with Crippen molar-refractivity contribution in [3.8, 4) is 0 Å². The lowest BCUT2D eigenvalue weighted by Crippen LogP contribution is -2.44. The van der Waals surface area contributed by atoms with E-state index in [0.717, 1.165) is 18.4 Å². The molecular formula is C17H25NO8S2. The van der Waals surface area contributed by atoms with Crippen LogP contribution in [0.25, 0.3) is 0 Å². The van der Waals surface area contributed by atoms with Gasteiger partial charge in [0.05, 0.1) is 10.3 Å². The van der Waals surface area contributed by atoms with Gasteiger partial charge in [0.1, 0.15) is 10.5 Å². The van der Waals surface area contributed by atoms with Gasteiger partial charge in [0.25, 0.3) is 0 Å². The smallest absolute Gasteiger partial charge is 0.441 e. The molecule has 0 aromatic heterocycles. The van der Waals surface area contributed by atoms with Crippen LogP contribution < -0.4 is 0 Å². The van der Waals surface area contributed by atoms with Gasteiger partial charge in [-0.25, -0.2) is 18.0 Å². The minimum Gasteiger partial charge on any atom is -0.441 e. The third-order valence-electron chi connectivity index (χ3n) is 3.07. The first-order valence-corrected chi connectivity index (χ1v) is 11.5. The van der Waals surface area contributed by atoms with Crippen LogP contribution in [0.4, 0.5) is 4.79 Å². The first-order chi connectivity index (χ1) is 12.4. The highest BCUT2D eigenvalue weighted by atomic mass is 32.2. The van der Waals surface area contributed by atoms with Crippen LogP contribution in [0, 0.1) is 5.41 Å². The van der Waals surface area contributed by atoms with E-state index in [1.807, 2.05) is 0 Å². The fourth-order valence-electron chi connectivity index (χ4n) is 1.75. The number of benzene rings is 1. The van der Waals surface area contributed by atoms with E-state index in [0.29, 0.717) is 0 Å². The Labute approximate surface area is 165 Å². The number of rotatable bonds is 3. The molecule has 0 unspecified atom stereocenters. The largest absolute Gasteiger partial charge is 0.459 e. The topological polar surface area (TPSA) is 124 Å². The average Bonchev–Trinajstić information content (AvgIpc) is 2.48. The molecule has 0 aliphatic rings. The summed E-state index contributed by atoms with van der Waals surface area (Å²) in [5.41, 5.74) is -2.25. The Bertz CT molecular complexity index is 967. The first kappa shape index (κ1) is 23.9. The minimum atomic E-state index is -4.91. The number of carbonyl (C=O) groups excluding carboxylic acids is 2. The summed E-state index contributed by atoms with van der Waals surface area (Å²) in [4.78, 5) is 28.3. The van der Waals surface area contributed by atoms with Crippen molar-refractivity contribution in [2.24, 2.45) is 5.41 Å². The third kappa shape index (κ3) is 5.93. The quantitative estimate of drug-likeness (QED) is 0.663. The zero-order chi connectivity index (χ0) is 22.1. The number of sulfone groups is 1. The average molecular weight is 436 g/mol. The molecule has 0 atom stereocenters. The number of carbonyl (C=O) groups is 2. The predicted molar refractivity (Wildman–Crippen MR) is 100 cm³/mol. The SMILES string of the molecule is CC(C)(C)OC(=O)N(OC(=O)C(C)(C)C)S(=O)(=O)c1ccccc1S(C)(=O)=O. The van der Waals surface area contributed by atoms with Crippen LogP contribution in [0.15, 0.2) is 34.1 Å². The number of nitrogens with zero attached hydrogens (tertiary/aromatic N) is 1. The lowest BCUT2D eigenvalue weighted by Gasteiger charge is -2.27. The summed E-state index contributed by atoms with van der Waals surface area (Å²) in [6.45, 7) is 8.85. The third-order valence-corrected chi connectivity index (χ3v) is 5.92. The van der Waals surface area contributed by atoms with Crippen LogP contribution in [-0.4, -0.2) is 45.2 Å². The van der Waals surface area contributed by atoms with Crippen molar-refractivity contribution >= 4 is 31.9 Å². The molecule has 1 aromatic carbocycles. The van der Waals surface area contributed by atoms with Gasteiger partial charge in [0, 0.05) is 6.26 Å². The molecule has 1 amide bonds. The minimum absolute atomic E-state index is 0.212. The number of ether oxygens (including phenoxy) is 1. The van der Waals surface area contributed by atoms with Crippen LogP contribution in [0.5, 0.6) is 0 Å². The molecule has 0 saturated heterocycles. The molecule has 9 nitrogen and oxygen atoms in total. The van der Waals surface area contributed by atoms with Crippen LogP contribution in [-0.2, 0) is 34.2 Å². The molecular weight excluding hydrogens is 410 g/mol. The van der Waals surface area contributed by atoms with E-state index in [4.69, 9.17) is 9.57 Å². The standard InChI is InChI=1S/C17H25NO8S2/c1-16(2,3)14(19)26-18(15(20)25-17(4,5)6)28(23,24)13-11-9-8-10-12(13)27(7,21)22/h8-11H,1-7H3. The van der Waals surface area contributed by atoms with Gasteiger partial charge in [-0.05, 0) is 58.1 Å². The van der Waals surface area contributed by atoms with E-state index >= 15 is 0 Å². The number of sulfonamides is 1. The Kier molecular flexibility index (Phi) is 6.58. The van der Waals surface area contributed by atoms with Gasteiger partial charge in [-0.3, -0.25) is 0 Å². The zero-order valence-corrected chi connectivity index (χ0v) is 18.5. The Balaban J connectivity index is 3.61. The predicted octanol–water partition coefficient (Wildman–Crippen LogP) is 2.52. The summed E-state index contributed by atoms with van der Waals surface area (Å²) in [6, 6.07) is 4.67. The Morgan fingerprint density at radius 3 is 1.75 bits per heavy atom. The molecule has 1 rings (SSSR count). The molecule has 0 saturated carbocycles. The molecule has 0 heterocycles. The van der Waals surface area contributed by atoms with Crippen molar-refractivity contribution in [3.05, 3.63) is 24.3 Å². The summed E-state index contributed by atoms with van der Waals surface area (Å²) in [7, 11) is -8.87.